The van der Waals surface area contributed by atoms with Crippen molar-refractivity contribution in [2.24, 2.45) is 5.73 Å². The molecule has 1 fully saturated rings. The van der Waals surface area contributed by atoms with Gasteiger partial charge in [-0.05, 0) is 38.1 Å². The van der Waals surface area contributed by atoms with Gasteiger partial charge in [-0.15, -0.1) is 0 Å². The first-order valence-corrected chi connectivity index (χ1v) is 5.91. The Bertz CT molecular complexity index is 355. The van der Waals surface area contributed by atoms with Crippen molar-refractivity contribution >= 4 is 0 Å². The molecule has 2 N–H and O–H groups in total. The molecular weight excluding hydrogens is 218 g/mol. The fraction of sp³-hybridized carbons (Fsp3) is 0.538. The molecule has 0 bridgehead atoms. The minimum Gasteiger partial charge on any atom is -0.494 e. The number of ether oxygens (including phenoxy) is 3. The SMILES string of the molecule is CCOc1ccc(C2(C)OCC(N)CO2)cc1. The van der Waals surface area contributed by atoms with Crippen LogP contribution < -0.4 is 10.5 Å². The van der Waals surface area contributed by atoms with Crippen molar-refractivity contribution < 1.29 is 14.2 Å². The standard InChI is InChI=1S/C13H19NO3/c1-3-15-12-6-4-10(5-7-12)13(2)16-8-11(14)9-17-13/h4-7,11H,3,8-9,14H2,1-2H3. The van der Waals surface area contributed by atoms with Crippen molar-refractivity contribution in [3.8, 4) is 5.75 Å². The molecule has 1 aliphatic heterocycles. The summed E-state index contributed by atoms with van der Waals surface area (Å²) >= 11 is 0. The molecule has 0 unspecified atom stereocenters. The van der Waals surface area contributed by atoms with E-state index in [1.165, 1.54) is 0 Å². The molecule has 0 saturated carbocycles. The lowest BCUT2D eigenvalue weighted by molar-refractivity contribution is -0.270. The molecule has 4 heteroatoms. The highest BCUT2D eigenvalue weighted by Gasteiger charge is 2.33. The van der Waals surface area contributed by atoms with Gasteiger partial charge in [0.15, 0.2) is 5.79 Å². The summed E-state index contributed by atoms with van der Waals surface area (Å²) < 4.78 is 16.7. The Morgan fingerprint density at radius 2 is 1.88 bits per heavy atom. The second kappa shape index (κ2) is 5.04. The van der Waals surface area contributed by atoms with Gasteiger partial charge in [0.25, 0.3) is 0 Å². The molecule has 0 radical (unpaired) electrons. The van der Waals surface area contributed by atoms with E-state index in [2.05, 4.69) is 0 Å². The number of hydrogen-bond donors (Lipinski definition) is 1. The number of nitrogens with two attached hydrogens (primary N) is 1. The zero-order valence-corrected chi connectivity index (χ0v) is 10.3. The van der Waals surface area contributed by atoms with Crippen LogP contribution >= 0.6 is 0 Å². The lowest BCUT2D eigenvalue weighted by Crippen LogP contribution is -2.46. The summed E-state index contributed by atoms with van der Waals surface area (Å²) in [4.78, 5) is 0. The average molecular weight is 237 g/mol. The summed E-state index contributed by atoms with van der Waals surface area (Å²) in [6.45, 7) is 5.57. The van der Waals surface area contributed by atoms with E-state index in [1.54, 1.807) is 0 Å². The molecule has 1 aromatic carbocycles. The molecule has 2 rings (SSSR count). The normalized spacial score (nSPS) is 29.0. The Kier molecular flexibility index (Phi) is 3.66. The highest BCUT2D eigenvalue weighted by Crippen LogP contribution is 2.30. The van der Waals surface area contributed by atoms with Crippen LogP contribution in [0.4, 0.5) is 0 Å². The lowest BCUT2D eigenvalue weighted by atomic mass is 10.1. The van der Waals surface area contributed by atoms with Gasteiger partial charge in [0.05, 0.1) is 25.9 Å². The quantitative estimate of drug-likeness (QED) is 0.868. The zero-order chi connectivity index (χ0) is 12.3. The maximum atomic E-state index is 5.73. The molecule has 0 aliphatic carbocycles. The fourth-order valence-corrected chi connectivity index (χ4v) is 1.81. The van der Waals surface area contributed by atoms with E-state index in [4.69, 9.17) is 19.9 Å². The van der Waals surface area contributed by atoms with Crippen molar-refractivity contribution in [1.29, 1.82) is 0 Å². The third-order valence-corrected chi connectivity index (χ3v) is 2.84. The number of hydrogen-bond acceptors (Lipinski definition) is 4. The smallest absolute Gasteiger partial charge is 0.192 e. The highest BCUT2D eigenvalue weighted by atomic mass is 16.7. The molecule has 0 atom stereocenters. The van der Waals surface area contributed by atoms with Crippen LogP contribution in [0.1, 0.15) is 19.4 Å². The van der Waals surface area contributed by atoms with E-state index >= 15 is 0 Å². The molecule has 0 aromatic heterocycles. The van der Waals surface area contributed by atoms with Gasteiger partial charge in [0, 0.05) is 5.56 Å². The van der Waals surface area contributed by atoms with Gasteiger partial charge in [-0.1, -0.05) is 0 Å². The maximum absolute atomic E-state index is 5.73. The van der Waals surface area contributed by atoms with E-state index in [-0.39, 0.29) is 6.04 Å². The van der Waals surface area contributed by atoms with E-state index in [9.17, 15) is 0 Å². The topological polar surface area (TPSA) is 53.7 Å². The minimum atomic E-state index is -0.694. The Labute approximate surface area is 102 Å². The maximum Gasteiger partial charge on any atom is 0.192 e. The van der Waals surface area contributed by atoms with Crippen LogP contribution in [-0.2, 0) is 15.3 Å². The van der Waals surface area contributed by atoms with Crippen LogP contribution in [0.15, 0.2) is 24.3 Å². The van der Waals surface area contributed by atoms with E-state index < -0.39 is 5.79 Å². The van der Waals surface area contributed by atoms with Gasteiger partial charge in [-0.25, -0.2) is 0 Å². The molecule has 17 heavy (non-hydrogen) atoms. The third-order valence-electron chi connectivity index (χ3n) is 2.84. The van der Waals surface area contributed by atoms with Crippen LogP contribution in [0.25, 0.3) is 0 Å². The molecular formula is C13H19NO3. The van der Waals surface area contributed by atoms with Crippen LogP contribution in [0.3, 0.4) is 0 Å². The highest BCUT2D eigenvalue weighted by molar-refractivity contribution is 5.29. The predicted molar refractivity (Wildman–Crippen MR) is 64.8 cm³/mol. The van der Waals surface area contributed by atoms with E-state index in [1.807, 2.05) is 38.1 Å². The van der Waals surface area contributed by atoms with Gasteiger partial charge >= 0.3 is 0 Å². The number of rotatable bonds is 3. The summed E-state index contributed by atoms with van der Waals surface area (Å²) in [6.07, 6.45) is 0. The third kappa shape index (κ3) is 2.77. The summed E-state index contributed by atoms with van der Waals surface area (Å²) in [6, 6.07) is 7.73. The van der Waals surface area contributed by atoms with Gasteiger partial charge in [-0.2, -0.15) is 0 Å². The molecule has 0 spiro atoms. The van der Waals surface area contributed by atoms with Crippen molar-refractivity contribution in [3.05, 3.63) is 29.8 Å². The summed E-state index contributed by atoms with van der Waals surface area (Å²) in [5, 5.41) is 0. The average Bonchev–Trinajstić information content (AvgIpc) is 2.35. The first-order chi connectivity index (χ1) is 8.14. The van der Waals surface area contributed by atoms with Gasteiger partial charge in [0.2, 0.25) is 0 Å². The second-order valence-corrected chi connectivity index (χ2v) is 4.29. The van der Waals surface area contributed by atoms with Crippen LogP contribution in [0.5, 0.6) is 5.75 Å². The molecule has 4 nitrogen and oxygen atoms in total. The molecule has 1 heterocycles. The predicted octanol–water partition coefficient (Wildman–Crippen LogP) is 1.63. The Balaban J connectivity index is 2.10. The molecule has 94 valence electrons. The summed E-state index contributed by atoms with van der Waals surface area (Å²) in [7, 11) is 0. The fourth-order valence-electron chi connectivity index (χ4n) is 1.81. The molecule has 1 saturated heterocycles. The zero-order valence-electron chi connectivity index (χ0n) is 10.3. The summed E-state index contributed by atoms with van der Waals surface area (Å²) in [5.41, 5.74) is 6.71. The molecule has 0 amide bonds. The Hall–Kier alpha value is -1.10. The van der Waals surface area contributed by atoms with Crippen molar-refractivity contribution in [2.45, 2.75) is 25.7 Å². The van der Waals surface area contributed by atoms with E-state index in [0.717, 1.165) is 11.3 Å². The van der Waals surface area contributed by atoms with Crippen molar-refractivity contribution in [1.82, 2.24) is 0 Å². The molecule has 1 aliphatic rings. The Morgan fingerprint density at radius 3 is 2.41 bits per heavy atom. The largest absolute Gasteiger partial charge is 0.494 e. The van der Waals surface area contributed by atoms with Crippen LogP contribution in [0.2, 0.25) is 0 Å². The van der Waals surface area contributed by atoms with Gasteiger partial charge in [-0.3, -0.25) is 0 Å². The van der Waals surface area contributed by atoms with Crippen molar-refractivity contribution in [2.75, 3.05) is 19.8 Å². The van der Waals surface area contributed by atoms with E-state index in [0.29, 0.717) is 19.8 Å². The van der Waals surface area contributed by atoms with Gasteiger partial charge < -0.3 is 19.9 Å². The van der Waals surface area contributed by atoms with Crippen molar-refractivity contribution in [3.63, 3.8) is 0 Å². The van der Waals surface area contributed by atoms with Crippen LogP contribution in [0, 0.1) is 0 Å². The number of benzene rings is 1. The van der Waals surface area contributed by atoms with Gasteiger partial charge in [0.1, 0.15) is 5.75 Å². The summed E-state index contributed by atoms with van der Waals surface area (Å²) in [5.74, 6) is 0.160. The molecule has 1 aromatic rings. The lowest BCUT2D eigenvalue weighted by Gasteiger charge is -2.36. The Morgan fingerprint density at radius 1 is 1.29 bits per heavy atom. The monoisotopic (exact) mass is 237 g/mol. The minimum absolute atomic E-state index is 0.0363. The van der Waals surface area contributed by atoms with Crippen LogP contribution in [-0.4, -0.2) is 25.9 Å². The second-order valence-electron chi connectivity index (χ2n) is 4.29. The first kappa shape index (κ1) is 12.4. The first-order valence-electron chi connectivity index (χ1n) is 5.91.